The van der Waals surface area contributed by atoms with Gasteiger partial charge in [0.15, 0.2) is 0 Å². The summed E-state index contributed by atoms with van der Waals surface area (Å²) in [5.74, 6) is 1.68. The van der Waals surface area contributed by atoms with Gasteiger partial charge in [-0.05, 0) is 35.1 Å². The van der Waals surface area contributed by atoms with E-state index in [4.69, 9.17) is 6.42 Å². The highest BCUT2D eigenvalue weighted by molar-refractivity contribution is 5.91. The molecule has 86 valence electrons. The lowest BCUT2D eigenvalue weighted by molar-refractivity contribution is 0.621. The maximum atomic E-state index is 13.6. The Labute approximate surface area is 99.3 Å². The van der Waals surface area contributed by atoms with Crippen LogP contribution in [0.1, 0.15) is 30.9 Å². The second-order valence-corrected chi connectivity index (χ2v) is 4.31. The van der Waals surface area contributed by atoms with Crippen molar-refractivity contribution in [2.45, 2.75) is 19.8 Å². The maximum Gasteiger partial charge on any atom is 0.139 e. The molecule has 2 aromatic rings. The number of hydrogen-bond donors (Lipinski definition) is 0. The topological polar surface area (TPSA) is 0 Å². The number of benzene rings is 2. The summed E-state index contributed by atoms with van der Waals surface area (Å²) in [6, 6.07) is 5.64. The third-order valence-electron chi connectivity index (χ3n) is 2.83. The SMILES string of the molecule is C#Cc1c(F)ccc2cc(F)cc(C(C)C)c12. The zero-order valence-electron chi connectivity index (χ0n) is 9.72. The minimum atomic E-state index is -0.437. The molecular formula is C15H12F2. The molecule has 0 saturated heterocycles. The van der Waals surface area contributed by atoms with Crippen LogP contribution in [0.25, 0.3) is 10.8 Å². The first-order valence-corrected chi connectivity index (χ1v) is 5.43. The maximum absolute atomic E-state index is 13.6. The third-order valence-corrected chi connectivity index (χ3v) is 2.83. The first kappa shape index (κ1) is 11.6. The molecule has 0 N–H and O–H groups in total. The van der Waals surface area contributed by atoms with Gasteiger partial charge in [0.1, 0.15) is 11.6 Å². The van der Waals surface area contributed by atoms with Crippen molar-refractivity contribution in [3.8, 4) is 12.3 Å². The highest BCUT2D eigenvalue weighted by Gasteiger charge is 2.13. The smallest absolute Gasteiger partial charge is 0.139 e. The number of rotatable bonds is 1. The van der Waals surface area contributed by atoms with Crippen molar-refractivity contribution in [3.05, 3.63) is 47.0 Å². The summed E-state index contributed by atoms with van der Waals surface area (Å²) in [4.78, 5) is 0. The van der Waals surface area contributed by atoms with Crippen LogP contribution in [0.15, 0.2) is 24.3 Å². The predicted octanol–water partition coefficient (Wildman–Crippen LogP) is 4.22. The highest BCUT2D eigenvalue weighted by atomic mass is 19.1. The van der Waals surface area contributed by atoms with Crippen LogP contribution in [-0.4, -0.2) is 0 Å². The number of halogens is 2. The van der Waals surface area contributed by atoms with Crippen LogP contribution in [0.3, 0.4) is 0 Å². The molecule has 0 amide bonds. The molecule has 0 unspecified atom stereocenters. The molecule has 0 aliphatic heterocycles. The van der Waals surface area contributed by atoms with Gasteiger partial charge in [-0.2, -0.15) is 0 Å². The van der Waals surface area contributed by atoms with Crippen LogP contribution in [0.2, 0.25) is 0 Å². The van der Waals surface area contributed by atoms with Crippen LogP contribution in [0.4, 0.5) is 8.78 Å². The van der Waals surface area contributed by atoms with Gasteiger partial charge in [-0.15, -0.1) is 6.42 Å². The molecule has 0 aliphatic rings. The first-order chi connectivity index (χ1) is 8.04. The van der Waals surface area contributed by atoms with Crippen molar-refractivity contribution in [2.24, 2.45) is 0 Å². The number of fused-ring (bicyclic) bond motifs is 1. The van der Waals surface area contributed by atoms with E-state index in [0.29, 0.717) is 10.8 Å². The molecule has 0 aliphatic carbocycles. The molecule has 0 radical (unpaired) electrons. The fourth-order valence-electron chi connectivity index (χ4n) is 2.03. The van der Waals surface area contributed by atoms with Crippen molar-refractivity contribution in [2.75, 3.05) is 0 Å². The number of hydrogen-bond acceptors (Lipinski definition) is 0. The average molecular weight is 230 g/mol. The number of terminal acetylenes is 1. The summed E-state index contributed by atoms with van der Waals surface area (Å²) < 4.78 is 27.1. The van der Waals surface area contributed by atoms with Crippen LogP contribution >= 0.6 is 0 Å². The lowest BCUT2D eigenvalue weighted by Gasteiger charge is -2.12. The summed E-state index contributed by atoms with van der Waals surface area (Å²) >= 11 is 0. The Morgan fingerprint density at radius 3 is 2.47 bits per heavy atom. The molecule has 0 atom stereocenters. The lowest BCUT2D eigenvalue weighted by atomic mass is 9.92. The Kier molecular flexibility index (Phi) is 2.85. The fourth-order valence-corrected chi connectivity index (χ4v) is 2.03. The van der Waals surface area contributed by atoms with Gasteiger partial charge in [0.2, 0.25) is 0 Å². The standard InChI is InChI=1S/C15H12F2/c1-4-12-14(17)6-5-10-7-11(16)8-13(9(2)3)15(10)12/h1,5-9H,2-3H3. The minimum Gasteiger partial charge on any atom is -0.207 e. The van der Waals surface area contributed by atoms with Crippen molar-refractivity contribution < 1.29 is 8.78 Å². The summed E-state index contributed by atoms with van der Waals surface area (Å²) in [6.07, 6.45) is 5.34. The molecule has 0 saturated carbocycles. The van der Waals surface area contributed by atoms with E-state index in [1.807, 2.05) is 13.8 Å². The van der Waals surface area contributed by atoms with Gasteiger partial charge in [-0.1, -0.05) is 25.8 Å². The van der Waals surface area contributed by atoms with E-state index in [0.717, 1.165) is 5.56 Å². The van der Waals surface area contributed by atoms with E-state index in [2.05, 4.69) is 5.92 Å². The zero-order chi connectivity index (χ0) is 12.6. The Balaban J connectivity index is 2.98. The molecular weight excluding hydrogens is 218 g/mol. The normalized spacial score (nSPS) is 10.8. The molecule has 0 spiro atoms. The molecule has 2 heteroatoms. The van der Waals surface area contributed by atoms with Crippen molar-refractivity contribution in [1.82, 2.24) is 0 Å². The fraction of sp³-hybridized carbons (Fsp3) is 0.200. The third kappa shape index (κ3) is 1.89. The molecule has 2 aromatic carbocycles. The summed E-state index contributed by atoms with van der Waals surface area (Å²) in [5.41, 5.74) is 0.957. The van der Waals surface area contributed by atoms with E-state index >= 15 is 0 Å². The van der Waals surface area contributed by atoms with E-state index in [1.54, 1.807) is 6.07 Å². The van der Waals surface area contributed by atoms with Crippen LogP contribution in [-0.2, 0) is 0 Å². The molecule has 0 heterocycles. The Bertz CT molecular complexity index is 619. The molecule has 0 aromatic heterocycles. The van der Waals surface area contributed by atoms with Crippen molar-refractivity contribution in [1.29, 1.82) is 0 Å². The molecule has 0 fully saturated rings. The molecule has 0 nitrogen and oxygen atoms in total. The van der Waals surface area contributed by atoms with Crippen LogP contribution in [0, 0.1) is 24.0 Å². The van der Waals surface area contributed by atoms with Crippen LogP contribution < -0.4 is 0 Å². The summed E-state index contributed by atoms with van der Waals surface area (Å²) in [6.45, 7) is 3.86. The monoisotopic (exact) mass is 230 g/mol. The van der Waals surface area contributed by atoms with E-state index in [1.165, 1.54) is 18.2 Å². The summed E-state index contributed by atoms with van der Waals surface area (Å²) in [7, 11) is 0. The average Bonchev–Trinajstić information content (AvgIpc) is 2.28. The van der Waals surface area contributed by atoms with Crippen molar-refractivity contribution >= 4 is 10.8 Å². The van der Waals surface area contributed by atoms with Gasteiger partial charge in [0, 0.05) is 5.39 Å². The van der Waals surface area contributed by atoms with E-state index in [9.17, 15) is 8.78 Å². The van der Waals surface area contributed by atoms with Gasteiger partial charge in [-0.3, -0.25) is 0 Å². The van der Waals surface area contributed by atoms with Crippen LogP contribution in [0.5, 0.6) is 0 Å². The van der Waals surface area contributed by atoms with Gasteiger partial charge in [0.05, 0.1) is 5.56 Å². The van der Waals surface area contributed by atoms with E-state index < -0.39 is 5.82 Å². The Hall–Kier alpha value is -1.88. The Morgan fingerprint density at radius 1 is 1.18 bits per heavy atom. The Morgan fingerprint density at radius 2 is 1.88 bits per heavy atom. The molecule has 17 heavy (non-hydrogen) atoms. The second-order valence-electron chi connectivity index (χ2n) is 4.31. The minimum absolute atomic E-state index is 0.0853. The summed E-state index contributed by atoms with van der Waals surface area (Å²) in [5, 5.41) is 1.28. The van der Waals surface area contributed by atoms with E-state index in [-0.39, 0.29) is 17.3 Å². The zero-order valence-corrected chi connectivity index (χ0v) is 9.72. The second kappa shape index (κ2) is 4.18. The largest absolute Gasteiger partial charge is 0.207 e. The van der Waals surface area contributed by atoms with Gasteiger partial charge in [-0.25, -0.2) is 8.78 Å². The van der Waals surface area contributed by atoms with Gasteiger partial charge < -0.3 is 0 Å². The van der Waals surface area contributed by atoms with Crippen molar-refractivity contribution in [3.63, 3.8) is 0 Å². The molecule has 2 rings (SSSR count). The predicted molar refractivity (Wildman–Crippen MR) is 65.9 cm³/mol. The van der Waals surface area contributed by atoms with Gasteiger partial charge in [0.25, 0.3) is 0 Å². The first-order valence-electron chi connectivity index (χ1n) is 5.43. The quantitative estimate of drug-likeness (QED) is 0.643. The van der Waals surface area contributed by atoms with Gasteiger partial charge >= 0.3 is 0 Å². The molecule has 0 bridgehead atoms. The highest BCUT2D eigenvalue weighted by Crippen LogP contribution is 2.30. The lowest BCUT2D eigenvalue weighted by Crippen LogP contribution is -1.96.